The second kappa shape index (κ2) is 6.90. The van der Waals surface area contributed by atoms with E-state index < -0.39 is 0 Å². The second-order valence-electron chi connectivity index (χ2n) is 6.97. The van der Waals surface area contributed by atoms with Crippen LogP contribution in [0.2, 0.25) is 5.02 Å². The molecule has 0 unspecified atom stereocenters. The third-order valence-corrected chi connectivity index (χ3v) is 6.77. The minimum Gasteiger partial charge on any atom is -0.337 e. The zero-order chi connectivity index (χ0) is 20.2. The van der Waals surface area contributed by atoms with E-state index in [0.29, 0.717) is 47.0 Å². The number of aryl methyl sites for hydroxylation is 2. The van der Waals surface area contributed by atoms with Crippen LogP contribution in [0, 0.1) is 6.92 Å². The minimum absolute atomic E-state index is 0.0166. The number of aromatic nitrogens is 2. The standard InChI is InChI=1S/C20H20ClN3O3S/c1-4-23-19-17(14-7-8-22(12(3)25)10-16(14)28-19)18(26)24(20(23)27)15-9-13(21)6-5-11(15)2/h5-6,9H,4,7-8,10H2,1-3H3. The van der Waals surface area contributed by atoms with E-state index >= 15 is 0 Å². The van der Waals surface area contributed by atoms with Crippen molar-refractivity contribution >= 4 is 39.1 Å². The van der Waals surface area contributed by atoms with E-state index in [-0.39, 0.29) is 17.2 Å². The molecular weight excluding hydrogens is 398 g/mol. The molecule has 6 nitrogen and oxygen atoms in total. The molecule has 0 spiro atoms. The lowest BCUT2D eigenvalue weighted by Gasteiger charge is -2.25. The molecule has 3 heterocycles. The normalized spacial score (nSPS) is 13.8. The fourth-order valence-corrected chi connectivity index (χ4v) is 5.37. The molecule has 4 rings (SSSR count). The fourth-order valence-electron chi connectivity index (χ4n) is 3.79. The zero-order valence-electron chi connectivity index (χ0n) is 15.9. The first-order valence-electron chi connectivity index (χ1n) is 9.15. The zero-order valence-corrected chi connectivity index (χ0v) is 17.5. The third kappa shape index (κ3) is 2.81. The SMILES string of the molecule is CCn1c(=O)n(-c2cc(Cl)ccc2C)c(=O)c2c3c(sc21)CN(C(C)=O)CC3. The molecule has 0 aliphatic carbocycles. The molecule has 8 heteroatoms. The number of hydrogen-bond acceptors (Lipinski definition) is 4. The smallest absolute Gasteiger partial charge is 0.336 e. The summed E-state index contributed by atoms with van der Waals surface area (Å²) in [6.07, 6.45) is 0.612. The summed E-state index contributed by atoms with van der Waals surface area (Å²) in [5, 5.41) is 1.06. The van der Waals surface area contributed by atoms with Crippen LogP contribution in [0.25, 0.3) is 15.9 Å². The van der Waals surface area contributed by atoms with E-state index in [2.05, 4.69) is 0 Å². The molecule has 1 aromatic carbocycles. The number of benzene rings is 1. The van der Waals surface area contributed by atoms with Gasteiger partial charge in [-0.3, -0.25) is 14.2 Å². The Balaban J connectivity index is 2.07. The first kappa shape index (κ1) is 19.0. The van der Waals surface area contributed by atoms with Gasteiger partial charge in [-0.15, -0.1) is 11.3 Å². The number of thiophene rings is 1. The number of amides is 1. The van der Waals surface area contributed by atoms with Gasteiger partial charge in [0.2, 0.25) is 5.91 Å². The molecular formula is C20H20ClN3O3S. The van der Waals surface area contributed by atoms with Gasteiger partial charge in [0.1, 0.15) is 4.83 Å². The van der Waals surface area contributed by atoms with E-state index in [4.69, 9.17) is 11.6 Å². The maximum atomic E-state index is 13.5. The number of halogens is 1. The van der Waals surface area contributed by atoms with Gasteiger partial charge in [0.05, 0.1) is 17.6 Å². The molecule has 0 atom stereocenters. The highest BCUT2D eigenvalue weighted by atomic mass is 35.5. The summed E-state index contributed by atoms with van der Waals surface area (Å²) < 4.78 is 2.87. The van der Waals surface area contributed by atoms with Crippen LogP contribution in [0.1, 0.15) is 29.9 Å². The molecule has 146 valence electrons. The van der Waals surface area contributed by atoms with E-state index in [1.165, 1.54) is 15.9 Å². The Hall–Kier alpha value is -2.38. The number of rotatable bonds is 2. The lowest BCUT2D eigenvalue weighted by molar-refractivity contribution is -0.129. The number of carbonyl (C=O) groups excluding carboxylic acids is 1. The van der Waals surface area contributed by atoms with E-state index in [1.54, 1.807) is 34.6 Å². The summed E-state index contributed by atoms with van der Waals surface area (Å²) in [5.74, 6) is 0.0166. The van der Waals surface area contributed by atoms with Crippen LogP contribution >= 0.6 is 22.9 Å². The first-order chi connectivity index (χ1) is 13.3. The van der Waals surface area contributed by atoms with Crippen molar-refractivity contribution in [1.82, 2.24) is 14.0 Å². The maximum absolute atomic E-state index is 13.5. The van der Waals surface area contributed by atoms with Crippen LogP contribution in [0.15, 0.2) is 27.8 Å². The van der Waals surface area contributed by atoms with Crippen molar-refractivity contribution in [2.24, 2.45) is 0 Å². The lowest BCUT2D eigenvalue weighted by atomic mass is 10.1. The van der Waals surface area contributed by atoms with Crippen LogP contribution in [-0.4, -0.2) is 26.5 Å². The van der Waals surface area contributed by atoms with Crippen molar-refractivity contribution in [3.63, 3.8) is 0 Å². The fraction of sp³-hybridized carbons (Fsp3) is 0.350. The van der Waals surface area contributed by atoms with Crippen LogP contribution in [-0.2, 0) is 24.3 Å². The van der Waals surface area contributed by atoms with Crippen LogP contribution < -0.4 is 11.2 Å². The average Bonchev–Trinajstić information content (AvgIpc) is 3.03. The molecule has 0 fully saturated rings. The Morgan fingerprint density at radius 1 is 1.29 bits per heavy atom. The van der Waals surface area contributed by atoms with Gasteiger partial charge in [0.25, 0.3) is 5.56 Å². The highest BCUT2D eigenvalue weighted by molar-refractivity contribution is 7.18. The maximum Gasteiger partial charge on any atom is 0.336 e. The van der Waals surface area contributed by atoms with Crippen molar-refractivity contribution in [1.29, 1.82) is 0 Å². The largest absolute Gasteiger partial charge is 0.337 e. The molecule has 0 saturated heterocycles. The summed E-state index contributed by atoms with van der Waals surface area (Å²) in [4.78, 5) is 41.9. The Morgan fingerprint density at radius 2 is 2.04 bits per heavy atom. The average molecular weight is 418 g/mol. The number of fused-ring (bicyclic) bond motifs is 3. The summed E-state index contributed by atoms with van der Waals surface area (Å²) in [6, 6.07) is 5.20. The van der Waals surface area contributed by atoms with Crippen LogP contribution in [0.5, 0.6) is 0 Å². The van der Waals surface area contributed by atoms with Crippen molar-refractivity contribution in [2.45, 2.75) is 40.3 Å². The Labute approximate surface area is 170 Å². The molecule has 1 aliphatic rings. The quantitative estimate of drug-likeness (QED) is 0.643. The first-order valence-corrected chi connectivity index (χ1v) is 10.3. The Morgan fingerprint density at radius 3 is 2.71 bits per heavy atom. The summed E-state index contributed by atoms with van der Waals surface area (Å²) in [7, 11) is 0. The monoisotopic (exact) mass is 417 g/mol. The highest BCUT2D eigenvalue weighted by Gasteiger charge is 2.27. The third-order valence-electron chi connectivity index (χ3n) is 5.30. The molecule has 2 aromatic heterocycles. The van der Waals surface area contributed by atoms with E-state index in [1.807, 2.05) is 13.8 Å². The van der Waals surface area contributed by atoms with Crippen molar-refractivity contribution in [3.8, 4) is 5.69 Å². The predicted octanol–water partition coefficient (Wildman–Crippen LogP) is 3.10. The molecule has 3 aromatic rings. The number of hydrogen-bond donors (Lipinski definition) is 0. The van der Waals surface area contributed by atoms with Gasteiger partial charge in [-0.2, -0.15) is 0 Å². The van der Waals surface area contributed by atoms with Gasteiger partial charge < -0.3 is 4.90 Å². The summed E-state index contributed by atoms with van der Waals surface area (Å²) >= 11 is 7.58. The van der Waals surface area contributed by atoms with Gasteiger partial charge in [0, 0.05) is 29.9 Å². The van der Waals surface area contributed by atoms with E-state index in [9.17, 15) is 14.4 Å². The molecule has 1 amide bonds. The van der Waals surface area contributed by atoms with Crippen molar-refractivity contribution in [3.05, 3.63) is 60.1 Å². The van der Waals surface area contributed by atoms with Gasteiger partial charge in [-0.05, 0) is 43.5 Å². The van der Waals surface area contributed by atoms with Crippen LogP contribution in [0.3, 0.4) is 0 Å². The topological polar surface area (TPSA) is 64.3 Å². The molecule has 0 N–H and O–H groups in total. The van der Waals surface area contributed by atoms with Gasteiger partial charge in [0.15, 0.2) is 0 Å². The van der Waals surface area contributed by atoms with Crippen molar-refractivity contribution < 1.29 is 4.79 Å². The molecule has 0 radical (unpaired) electrons. The molecule has 0 saturated carbocycles. The molecule has 28 heavy (non-hydrogen) atoms. The summed E-state index contributed by atoms with van der Waals surface area (Å²) in [6.45, 7) is 6.81. The summed E-state index contributed by atoms with van der Waals surface area (Å²) in [5.41, 5.74) is 1.58. The second-order valence-corrected chi connectivity index (χ2v) is 8.49. The van der Waals surface area contributed by atoms with Crippen molar-refractivity contribution in [2.75, 3.05) is 6.54 Å². The Kier molecular flexibility index (Phi) is 4.67. The number of carbonyl (C=O) groups is 1. The van der Waals surface area contributed by atoms with E-state index in [0.717, 1.165) is 16.0 Å². The Bertz CT molecular complexity index is 1240. The van der Waals surface area contributed by atoms with Gasteiger partial charge in [-0.25, -0.2) is 9.36 Å². The molecule has 0 bridgehead atoms. The highest BCUT2D eigenvalue weighted by Crippen LogP contribution is 2.33. The number of nitrogens with zero attached hydrogens (tertiary/aromatic N) is 3. The predicted molar refractivity (Wildman–Crippen MR) is 112 cm³/mol. The molecule has 1 aliphatic heterocycles. The minimum atomic E-state index is -0.368. The van der Waals surface area contributed by atoms with Crippen LogP contribution in [0.4, 0.5) is 0 Å². The lowest BCUT2D eigenvalue weighted by Crippen LogP contribution is -2.39. The van der Waals surface area contributed by atoms with Gasteiger partial charge >= 0.3 is 5.69 Å². The van der Waals surface area contributed by atoms with Gasteiger partial charge in [-0.1, -0.05) is 17.7 Å².